The molecule has 0 saturated carbocycles. The van der Waals surface area contributed by atoms with Crippen LogP contribution in [0.1, 0.15) is 59.3 Å². The third-order valence-electron chi connectivity index (χ3n) is 3.49. The van der Waals surface area contributed by atoms with Crippen molar-refractivity contribution >= 4 is 5.91 Å². The Balaban J connectivity index is 2.09. The summed E-state index contributed by atoms with van der Waals surface area (Å²) in [5.41, 5.74) is 0. The van der Waals surface area contributed by atoms with Crippen LogP contribution in [0.3, 0.4) is 0 Å². The van der Waals surface area contributed by atoms with E-state index in [0.29, 0.717) is 0 Å². The van der Waals surface area contributed by atoms with Gasteiger partial charge in [0.25, 0.3) is 5.91 Å². The molecule has 0 aromatic carbocycles. The van der Waals surface area contributed by atoms with Crippen LogP contribution in [0.4, 0.5) is 0 Å². The van der Waals surface area contributed by atoms with E-state index in [1.165, 1.54) is 32.1 Å². The lowest BCUT2D eigenvalue weighted by molar-refractivity contribution is -0.132. The van der Waals surface area contributed by atoms with Gasteiger partial charge in [-0.2, -0.15) is 0 Å². The number of ether oxygens (including phenoxy) is 1. The van der Waals surface area contributed by atoms with Gasteiger partial charge in [0.15, 0.2) is 6.10 Å². The summed E-state index contributed by atoms with van der Waals surface area (Å²) in [5, 5.41) is 0. The highest BCUT2D eigenvalue weighted by Crippen LogP contribution is 2.29. The molecular formula is C14H27NO2. The van der Waals surface area contributed by atoms with Gasteiger partial charge in [0.1, 0.15) is 0 Å². The number of carbonyl (C=O) groups is 1. The number of amides is 1. The molecule has 3 nitrogen and oxygen atoms in total. The Bertz CT molecular complexity index is 226. The molecule has 1 aliphatic rings. The number of rotatable bonds is 9. The monoisotopic (exact) mass is 241 g/mol. The molecule has 0 aromatic rings. The smallest absolute Gasteiger partial charge is 0.254 e. The van der Waals surface area contributed by atoms with Crippen LogP contribution in [0.5, 0.6) is 0 Å². The van der Waals surface area contributed by atoms with Crippen LogP contribution in [-0.2, 0) is 9.53 Å². The van der Waals surface area contributed by atoms with Crippen molar-refractivity contribution in [3.63, 3.8) is 0 Å². The normalized spacial score (nSPS) is 22.5. The number of hydrogen-bond acceptors (Lipinski definition) is 2. The van der Waals surface area contributed by atoms with Crippen molar-refractivity contribution in [3.8, 4) is 0 Å². The number of hydrogen-bond donors (Lipinski definition) is 0. The molecule has 0 aliphatic carbocycles. The minimum Gasteiger partial charge on any atom is -0.359 e. The first-order valence-corrected chi connectivity index (χ1v) is 7.18. The maximum Gasteiger partial charge on any atom is 0.254 e. The summed E-state index contributed by atoms with van der Waals surface area (Å²) in [4.78, 5) is 13.8. The third kappa shape index (κ3) is 4.66. The molecule has 0 N–H and O–H groups in total. The second-order valence-corrected chi connectivity index (χ2v) is 4.81. The SMILES string of the molecule is CCCCCCCC1OC1C(=O)N(CC)CC. The van der Waals surface area contributed by atoms with Crippen LogP contribution in [0, 0.1) is 0 Å². The summed E-state index contributed by atoms with van der Waals surface area (Å²) in [5.74, 6) is 0.188. The molecule has 0 spiro atoms. The Hall–Kier alpha value is -0.570. The van der Waals surface area contributed by atoms with Crippen molar-refractivity contribution in [2.45, 2.75) is 71.5 Å². The summed E-state index contributed by atoms with van der Waals surface area (Å²) < 4.78 is 5.48. The van der Waals surface area contributed by atoms with Crippen LogP contribution in [0.2, 0.25) is 0 Å². The van der Waals surface area contributed by atoms with Crippen molar-refractivity contribution in [2.24, 2.45) is 0 Å². The van der Waals surface area contributed by atoms with Crippen LogP contribution < -0.4 is 0 Å². The summed E-state index contributed by atoms with van der Waals surface area (Å²) in [7, 11) is 0. The predicted octanol–water partition coefficient (Wildman–Crippen LogP) is 2.98. The molecule has 100 valence electrons. The number of likely N-dealkylation sites (N-methyl/N-ethyl adjacent to an activating group) is 1. The average molecular weight is 241 g/mol. The fourth-order valence-corrected chi connectivity index (χ4v) is 2.24. The van der Waals surface area contributed by atoms with E-state index >= 15 is 0 Å². The number of nitrogens with zero attached hydrogens (tertiary/aromatic N) is 1. The molecule has 2 unspecified atom stereocenters. The highest BCUT2D eigenvalue weighted by atomic mass is 16.6. The molecule has 1 heterocycles. The molecule has 1 aliphatic heterocycles. The van der Waals surface area contributed by atoms with Gasteiger partial charge in [-0.1, -0.05) is 39.0 Å². The molecule has 2 atom stereocenters. The molecule has 0 aromatic heterocycles. The Morgan fingerprint density at radius 1 is 1.06 bits per heavy atom. The lowest BCUT2D eigenvalue weighted by Crippen LogP contribution is -2.34. The molecule has 0 radical (unpaired) electrons. The summed E-state index contributed by atoms with van der Waals surface area (Å²) in [6.07, 6.45) is 7.55. The largest absolute Gasteiger partial charge is 0.359 e. The first-order valence-electron chi connectivity index (χ1n) is 7.18. The van der Waals surface area contributed by atoms with Gasteiger partial charge in [0.2, 0.25) is 0 Å². The zero-order chi connectivity index (χ0) is 12.7. The standard InChI is InChI=1S/C14H27NO2/c1-4-7-8-9-10-11-12-13(17-12)14(16)15(5-2)6-3/h12-13H,4-11H2,1-3H3. The quantitative estimate of drug-likeness (QED) is 0.459. The van der Waals surface area contributed by atoms with Gasteiger partial charge >= 0.3 is 0 Å². The number of epoxide rings is 1. The van der Waals surface area contributed by atoms with Crippen LogP contribution in [0.15, 0.2) is 0 Å². The topological polar surface area (TPSA) is 32.8 Å². The third-order valence-corrected chi connectivity index (χ3v) is 3.49. The van der Waals surface area contributed by atoms with Crippen molar-refractivity contribution < 1.29 is 9.53 Å². The Labute approximate surface area is 106 Å². The molecular weight excluding hydrogens is 214 g/mol. The lowest BCUT2D eigenvalue weighted by Gasteiger charge is -2.17. The van der Waals surface area contributed by atoms with E-state index in [0.717, 1.165) is 19.5 Å². The first-order chi connectivity index (χ1) is 8.24. The molecule has 1 fully saturated rings. The van der Waals surface area contributed by atoms with E-state index in [2.05, 4.69) is 6.92 Å². The zero-order valence-corrected chi connectivity index (χ0v) is 11.6. The van der Waals surface area contributed by atoms with E-state index < -0.39 is 0 Å². The Morgan fingerprint density at radius 2 is 1.71 bits per heavy atom. The van der Waals surface area contributed by atoms with Crippen LogP contribution in [-0.4, -0.2) is 36.1 Å². The van der Waals surface area contributed by atoms with Crippen molar-refractivity contribution in [2.75, 3.05) is 13.1 Å². The van der Waals surface area contributed by atoms with E-state index in [1.54, 1.807) is 0 Å². The maximum atomic E-state index is 11.9. The number of carbonyl (C=O) groups excluding carboxylic acids is 1. The van der Waals surface area contributed by atoms with Crippen molar-refractivity contribution in [1.29, 1.82) is 0 Å². The lowest BCUT2D eigenvalue weighted by atomic mass is 10.1. The van der Waals surface area contributed by atoms with Gasteiger partial charge in [0.05, 0.1) is 6.10 Å². The molecule has 0 bridgehead atoms. The highest BCUT2D eigenvalue weighted by molar-refractivity contribution is 5.83. The first kappa shape index (κ1) is 14.5. The molecule has 1 amide bonds. The van der Waals surface area contributed by atoms with Crippen LogP contribution >= 0.6 is 0 Å². The van der Waals surface area contributed by atoms with Crippen LogP contribution in [0.25, 0.3) is 0 Å². The van der Waals surface area contributed by atoms with E-state index in [1.807, 2.05) is 18.7 Å². The molecule has 1 rings (SSSR count). The van der Waals surface area contributed by atoms with Crippen molar-refractivity contribution in [1.82, 2.24) is 4.90 Å². The Kier molecular flexibility index (Phi) is 6.56. The van der Waals surface area contributed by atoms with Gasteiger partial charge in [-0.15, -0.1) is 0 Å². The fraction of sp³-hybridized carbons (Fsp3) is 0.929. The summed E-state index contributed by atoms with van der Waals surface area (Å²) in [6, 6.07) is 0. The average Bonchev–Trinajstić information content (AvgIpc) is 3.10. The number of unbranched alkanes of at least 4 members (excludes halogenated alkanes) is 4. The summed E-state index contributed by atoms with van der Waals surface area (Å²) in [6.45, 7) is 7.84. The van der Waals surface area contributed by atoms with E-state index in [9.17, 15) is 4.79 Å². The van der Waals surface area contributed by atoms with Gasteiger partial charge in [0, 0.05) is 13.1 Å². The fourth-order valence-electron chi connectivity index (χ4n) is 2.24. The molecule has 3 heteroatoms. The molecule has 17 heavy (non-hydrogen) atoms. The predicted molar refractivity (Wildman–Crippen MR) is 70.0 cm³/mol. The van der Waals surface area contributed by atoms with Gasteiger partial charge in [-0.05, 0) is 20.3 Å². The zero-order valence-electron chi connectivity index (χ0n) is 11.6. The van der Waals surface area contributed by atoms with Crippen molar-refractivity contribution in [3.05, 3.63) is 0 Å². The maximum absolute atomic E-state index is 11.9. The van der Waals surface area contributed by atoms with Gasteiger partial charge in [-0.25, -0.2) is 0 Å². The second-order valence-electron chi connectivity index (χ2n) is 4.81. The van der Waals surface area contributed by atoms with Gasteiger partial charge in [-0.3, -0.25) is 4.79 Å². The van der Waals surface area contributed by atoms with Gasteiger partial charge < -0.3 is 9.64 Å². The minimum absolute atomic E-state index is 0.124. The minimum atomic E-state index is -0.124. The Morgan fingerprint density at radius 3 is 2.29 bits per heavy atom. The molecule has 1 saturated heterocycles. The highest BCUT2D eigenvalue weighted by Gasteiger charge is 2.45. The van der Waals surface area contributed by atoms with E-state index in [-0.39, 0.29) is 18.1 Å². The second kappa shape index (κ2) is 7.70. The van der Waals surface area contributed by atoms with E-state index in [4.69, 9.17) is 4.74 Å². The summed E-state index contributed by atoms with van der Waals surface area (Å²) >= 11 is 0.